The fourth-order valence-electron chi connectivity index (χ4n) is 11.9. The first-order valence-corrected chi connectivity index (χ1v) is 27.9. The third kappa shape index (κ3) is 8.19. The molecule has 2 aliphatic rings. The monoisotopic (exact) mass is 1230 g/mol. The third-order valence-corrected chi connectivity index (χ3v) is 20.1. The molecule has 0 saturated carbocycles. The molecule has 14 rings (SSSR count). The van der Waals surface area contributed by atoms with E-state index < -0.39 is 39.9 Å². The van der Waals surface area contributed by atoms with E-state index in [-0.39, 0.29) is 55.3 Å². The van der Waals surface area contributed by atoms with E-state index >= 15 is 0 Å². The average molecular weight is 1230 g/mol. The van der Waals surface area contributed by atoms with Gasteiger partial charge in [0.2, 0.25) is 0 Å². The Morgan fingerprint density at radius 3 is 2.01 bits per heavy atom. The number of hydrogen-bond acceptors (Lipinski definition) is 4. The molecule has 2 aromatic heterocycles. The number of ether oxygens (including phenoxy) is 1. The van der Waals surface area contributed by atoms with Gasteiger partial charge in [-0.1, -0.05) is 240 Å². The number of fused-ring (bicyclic) bond motifs is 8. The SMILES string of the molecule is [2H]c1c([2H])c([2H])c(-c2cccc(-c3cccc(C(C)(C)C)c3)c2N2[CH-]N(c3[c-]c(Oc4[c-]c5c(c6c4[Si](c4ccccc4)(c4ccccc4)c4ccccc4-6)c4cc(C([2H])([2H])[2H])ccc4n5-c4cc(C([2H])([2H])[2H])ccn4)ccc3)c3ccccc32)c([2H])c1[2H].[Pt]. The number of benzene rings is 10. The van der Waals surface area contributed by atoms with E-state index in [0.29, 0.717) is 56.1 Å². The largest absolute Gasteiger partial charge is 0.509 e. The van der Waals surface area contributed by atoms with Gasteiger partial charge >= 0.3 is 0 Å². The first-order chi connectivity index (χ1) is 42.6. The van der Waals surface area contributed by atoms with Crippen molar-refractivity contribution in [3.05, 3.63) is 272 Å². The topological polar surface area (TPSA) is 33.5 Å². The van der Waals surface area contributed by atoms with Crippen molar-refractivity contribution in [2.45, 2.75) is 39.9 Å². The third-order valence-electron chi connectivity index (χ3n) is 15.2. The van der Waals surface area contributed by atoms with Gasteiger partial charge in [0.25, 0.3) is 0 Å². The van der Waals surface area contributed by atoms with Crippen LogP contribution in [0.15, 0.2) is 237 Å². The van der Waals surface area contributed by atoms with Crippen molar-refractivity contribution >= 4 is 73.4 Å². The molecule has 5 nitrogen and oxygen atoms in total. The Morgan fingerprint density at radius 1 is 0.608 bits per heavy atom. The Hall–Kier alpha value is -8.54. The van der Waals surface area contributed by atoms with Crippen LogP contribution >= 0.6 is 0 Å². The van der Waals surface area contributed by atoms with Gasteiger partial charge in [-0.15, -0.1) is 42.2 Å². The molecule has 7 heteroatoms. The summed E-state index contributed by atoms with van der Waals surface area (Å²) < 4.78 is 105. The van der Waals surface area contributed by atoms with E-state index in [4.69, 9.17) is 22.1 Å². The average Bonchev–Trinajstić information content (AvgIpc) is 1.51. The number of anilines is 4. The molecule has 2 aliphatic heterocycles. The van der Waals surface area contributed by atoms with Crippen LogP contribution in [0.1, 0.15) is 52.5 Å². The van der Waals surface area contributed by atoms with Crippen molar-refractivity contribution in [1.29, 1.82) is 0 Å². The number of aryl methyl sites for hydroxylation is 2. The summed E-state index contributed by atoms with van der Waals surface area (Å²) >= 11 is 0. The number of hydrogen-bond donors (Lipinski definition) is 0. The van der Waals surface area contributed by atoms with E-state index in [0.717, 1.165) is 59.9 Å². The van der Waals surface area contributed by atoms with Crippen molar-refractivity contribution in [2.24, 2.45) is 0 Å². The van der Waals surface area contributed by atoms with Gasteiger partial charge in [-0.2, -0.15) is 6.07 Å². The molecule has 10 aromatic carbocycles. The zero-order chi connectivity index (χ0) is 62.1. The van der Waals surface area contributed by atoms with Gasteiger partial charge in [0.15, 0.2) is 0 Å². The Labute approximate surface area is 493 Å². The second-order valence-corrected chi connectivity index (χ2v) is 24.5. The summed E-state index contributed by atoms with van der Waals surface area (Å²) in [5.41, 5.74) is 8.79. The molecule has 0 N–H and O–H groups in total. The van der Waals surface area contributed by atoms with Gasteiger partial charge < -0.3 is 19.1 Å². The molecular weight excluding hydrogens is 1160 g/mol. The molecule has 0 aliphatic carbocycles. The van der Waals surface area contributed by atoms with E-state index in [1.165, 1.54) is 12.3 Å². The molecular formula is C72H55N4OPtSi-3. The Morgan fingerprint density at radius 2 is 1.27 bits per heavy atom. The number of aromatic nitrogens is 2. The number of para-hydroxylation sites is 3. The van der Waals surface area contributed by atoms with Crippen LogP contribution in [0.5, 0.6) is 11.5 Å². The van der Waals surface area contributed by atoms with Crippen molar-refractivity contribution in [3.8, 4) is 50.7 Å². The van der Waals surface area contributed by atoms with Crippen LogP contribution in [0.4, 0.5) is 22.7 Å². The summed E-state index contributed by atoms with van der Waals surface area (Å²) in [6.45, 7) is 3.45. The normalized spacial score (nSPS) is 15.6. The molecule has 0 saturated heterocycles. The zero-order valence-electron chi connectivity index (χ0n) is 54.2. The van der Waals surface area contributed by atoms with Crippen molar-refractivity contribution in [1.82, 2.24) is 9.55 Å². The Balaban J connectivity index is 0.00000743. The minimum Gasteiger partial charge on any atom is -0.509 e. The summed E-state index contributed by atoms with van der Waals surface area (Å²) in [7, 11) is -3.48. The maximum absolute atomic E-state index is 9.29. The summed E-state index contributed by atoms with van der Waals surface area (Å²) in [6, 6.07) is 70.4. The zero-order valence-corrected chi connectivity index (χ0v) is 46.5. The standard InChI is InChI=1S/C72H55N4OSi.Pt/c1-48-38-39-61-60(42-48)68-64(76(61)67-43-49(2)40-41-73-67)46-65(71-69(68)59-32-15-18-37-66(59)78(71,55-28-11-7-12-29-55)56-30-13-8-14-31-56)77-54-27-20-26-53(45-54)74-47-75(63-36-17-16-35-62(63)74)70-57(50-22-9-6-10-23-50)33-21-34-58(70)51-24-19-25-52(44-51)72(3,4)5;/h6-44,47H,1-5H3;/q-3;/i1D3,2D3,6D,9D,10D,22D,23D;. The Kier molecular flexibility index (Phi) is 9.72. The van der Waals surface area contributed by atoms with Gasteiger partial charge in [-0.3, -0.25) is 0 Å². The molecule has 0 atom stereocenters. The molecule has 0 fully saturated rings. The number of pyridine rings is 1. The molecule has 4 heterocycles. The summed E-state index contributed by atoms with van der Waals surface area (Å²) in [6.07, 6.45) is 1.48. The van der Waals surface area contributed by atoms with Crippen LogP contribution in [-0.4, -0.2) is 17.6 Å². The number of rotatable bonds is 9. The fourth-order valence-corrected chi connectivity index (χ4v) is 17.1. The van der Waals surface area contributed by atoms with E-state index in [9.17, 15) is 2.74 Å². The Bertz CT molecular complexity index is 4790. The quantitative estimate of drug-likeness (QED) is 0.107. The summed E-state index contributed by atoms with van der Waals surface area (Å²) in [5, 5.41) is 5.43. The van der Waals surface area contributed by atoms with Crippen LogP contribution in [0.2, 0.25) is 0 Å². The van der Waals surface area contributed by atoms with Gasteiger partial charge in [-0.05, 0) is 82.7 Å². The smallest absolute Gasteiger partial charge is 0.135 e. The molecule has 0 spiro atoms. The molecule has 0 radical (unpaired) electrons. The van der Waals surface area contributed by atoms with Crippen LogP contribution in [0.25, 0.3) is 61.0 Å². The fraction of sp³-hybridized carbons (Fsp3) is 0.0833. The molecule has 79 heavy (non-hydrogen) atoms. The van der Waals surface area contributed by atoms with Crippen LogP contribution in [0, 0.1) is 32.5 Å². The minimum absolute atomic E-state index is 0. The van der Waals surface area contributed by atoms with Crippen LogP contribution in [-0.2, 0) is 26.5 Å². The molecule has 0 bridgehead atoms. The van der Waals surface area contributed by atoms with Gasteiger partial charge in [0.05, 0.1) is 6.85 Å². The predicted octanol–water partition coefficient (Wildman–Crippen LogP) is 15.6. The molecule has 0 amide bonds. The van der Waals surface area contributed by atoms with Gasteiger partial charge in [0.1, 0.15) is 13.9 Å². The van der Waals surface area contributed by atoms with Crippen molar-refractivity contribution < 1.29 is 40.9 Å². The van der Waals surface area contributed by atoms with Gasteiger partial charge in [0, 0.05) is 80.7 Å². The molecule has 386 valence electrons. The second kappa shape index (κ2) is 19.7. The predicted molar refractivity (Wildman–Crippen MR) is 326 cm³/mol. The summed E-state index contributed by atoms with van der Waals surface area (Å²) in [5.74, 6) is 1.01. The van der Waals surface area contributed by atoms with E-state index in [1.54, 1.807) is 24.3 Å². The van der Waals surface area contributed by atoms with Crippen molar-refractivity contribution in [3.63, 3.8) is 0 Å². The van der Waals surface area contributed by atoms with Crippen molar-refractivity contribution in [2.75, 3.05) is 9.80 Å². The number of nitrogens with zero attached hydrogens (tertiary/aromatic N) is 4. The first-order valence-electron chi connectivity index (χ1n) is 31.4. The van der Waals surface area contributed by atoms with E-state index in [1.807, 2.05) is 136 Å². The summed E-state index contributed by atoms with van der Waals surface area (Å²) in [4.78, 5) is 8.83. The minimum atomic E-state index is -3.48. The van der Waals surface area contributed by atoms with E-state index in [2.05, 4.69) is 87.5 Å². The second-order valence-electron chi connectivity index (χ2n) is 20.8. The van der Waals surface area contributed by atoms with Gasteiger partial charge in [-0.25, -0.2) is 4.98 Å². The maximum Gasteiger partial charge on any atom is 0.135 e. The molecule has 0 unspecified atom stereocenters. The maximum atomic E-state index is 9.29. The first kappa shape index (κ1) is 38.9. The van der Waals surface area contributed by atoms with Crippen LogP contribution < -0.4 is 35.3 Å². The molecule has 12 aromatic rings. The van der Waals surface area contributed by atoms with Crippen LogP contribution in [0.3, 0.4) is 0 Å².